The Labute approximate surface area is 191 Å². The van der Waals surface area contributed by atoms with Gasteiger partial charge in [-0.05, 0) is 63.3 Å². The second kappa shape index (κ2) is 9.38. The molecular weight excluding hydrogens is 455 g/mol. The highest BCUT2D eigenvalue weighted by Crippen LogP contribution is 2.35. The monoisotopic (exact) mass is 482 g/mol. The van der Waals surface area contributed by atoms with Gasteiger partial charge in [-0.15, -0.1) is 11.3 Å². The third-order valence-electron chi connectivity index (χ3n) is 5.18. The number of carbonyl (C=O) groups excluding carboxylic acids is 1. The lowest BCUT2D eigenvalue weighted by atomic mass is 9.97. The van der Waals surface area contributed by atoms with Crippen LogP contribution < -0.4 is 0 Å². The van der Waals surface area contributed by atoms with Crippen LogP contribution in [0.5, 0.6) is 0 Å². The van der Waals surface area contributed by atoms with Gasteiger partial charge in [-0.3, -0.25) is 0 Å². The number of likely N-dealkylation sites (N-methyl/N-ethyl adjacent to an activating group) is 1. The van der Waals surface area contributed by atoms with E-state index in [1.165, 1.54) is 42.6 Å². The number of carbonyl (C=O) groups is 1. The number of hydrogen-bond acceptors (Lipinski definition) is 7. The minimum Gasteiger partial charge on any atom is -0.387 e. The highest BCUT2D eigenvalue weighted by molar-refractivity contribution is 7.89. The predicted octanol–water partition coefficient (Wildman–Crippen LogP) is 3.87. The lowest BCUT2D eigenvalue weighted by Gasteiger charge is -2.22. The van der Waals surface area contributed by atoms with Crippen molar-refractivity contribution in [3.05, 3.63) is 51.5 Å². The first kappa shape index (κ1) is 24.5. The number of fused-ring (bicyclic) bond motifs is 1. The second-order valence-electron chi connectivity index (χ2n) is 8.78. The van der Waals surface area contributed by atoms with Gasteiger partial charge >= 0.3 is 5.97 Å². The molecule has 32 heavy (non-hydrogen) atoms. The summed E-state index contributed by atoms with van der Waals surface area (Å²) in [5.74, 6) is -0.895. The van der Waals surface area contributed by atoms with Crippen LogP contribution in [-0.4, -0.2) is 43.1 Å². The van der Waals surface area contributed by atoms with Gasteiger partial charge in [-0.25, -0.2) is 17.6 Å². The van der Waals surface area contributed by atoms with Crippen LogP contribution in [0.3, 0.4) is 0 Å². The molecule has 1 unspecified atom stereocenters. The van der Waals surface area contributed by atoms with E-state index in [0.29, 0.717) is 41.0 Å². The van der Waals surface area contributed by atoms with Crippen molar-refractivity contribution >= 4 is 33.0 Å². The summed E-state index contributed by atoms with van der Waals surface area (Å²) < 4.78 is 40.7. The molecule has 174 valence electrons. The lowest BCUT2D eigenvalue weighted by molar-refractivity contribution is -0.152. The Morgan fingerprint density at radius 2 is 1.94 bits per heavy atom. The highest BCUT2D eigenvalue weighted by atomic mass is 32.2. The summed E-state index contributed by atoms with van der Waals surface area (Å²) in [6, 6.07) is 5.29. The molecule has 2 aromatic rings. The van der Waals surface area contributed by atoms with E-state index in [9.17, 15) is 22.7 Å². The topological polar surface area (TPSA) is 96.3 Å². The fourth-order valence-corrected chi connectivity index (χ4v) is 6.11. The van der Waals surface area contributed by atoms with Crippen LogP contribution in [0.15, 0.2) is 39.7 Å². The largest absolute Gasteiger partial charge is 0.387 e. The van der Waals surface area contributed by atoms with Crippen LogP contribution in [-0.2, 0) is 26.1 Å². The van der Waals surface area contributed by atoms with E-state index in [-0.39, 0.29) is 11.4 Å². The number of thiophene rings is 1. The van der Waals surface area contributed by atoms with Crippen LogP contribution in [0, 0.1) is 11.2 Å². The van der Waals surface area contributed by atoms with Crippen molar-refractivity contribution in [2.75, 3.05) is 13.6 Å². The summed E-state index contributed by atoms with van der Waals surface area (Å²) in [4.78, 5) is 18.0. The summed E-state index contributed by atoms with van der Waals surface area (Å²) in [5, 5.41) is 16.0. The van der Waals surface area contributed by atoms with Crippen LogP contribution in [0.1, 0.15) is 55.7 Å². The number of benzene rings is 1. The van der Waals surface area contributed by atoms with Gasteiger partial charge in [0.2, 0.25) is 10.0 Å². The maximum absolute atomic E-state index is 13.2. The first-order valence-corrected chi connectivity index (χ1v) is 12.5. The van der Waals surface area contributed by atoms with Crippen LogP contribution in [0.2, 0.25) is 0 Å². The molecule has 0 fully saturated rings. The first-order valence-electron chi connectivity index (χ1n) is 10.2. The zero-order valence-electron chi connectivity index (χ0n) is 18.5. The Morgan fingerprint density at radius 3 is 2.56 bits per heavy atom. The Balaban J connectivity index is 1.81. The predicted molar refractivity (Wildman–Crippen MR) is 121 cm³/mol. The third-order valence-corrected chi connectivity index (χ3v) is 8.29. The number of nitrogens with zero attached hydrogens (tertiary/aromatic N) is 2. The van der Waals surface area contributed by atoms with E-state index in [1.54, 1.807) is 26.2 Å². The summed E-state index contributed by atoms with van der Waals surface area (Å²) in [7, 11) is -2.48. The van der Waals surface area contributed by atoms with Crippen LogP contribution >= 0.6 is 11.3 Å². The minimum absolute atomic E-state index is 0.167. The number of rotatable bonds is 6. The van der Waals surface area contributed by atoms with Gasteiger partial charge in [0.25, 0.3) is 0 Å². The summed E-state index contributed by atoms with van der Waals surface area (Å²) >= 11 is 1.25. The maximum atomic E-state index is 13.2. The summed E-state index contributed by atoms with van der Waals surface area (Å²) in [6.07, 6.45) is 0.733. The van der Waals surface area contributed by atoms with E-state index in [1.807, 2.05) is 0 Å². The number of aliphatic hydroxyl groups excluding tert-OH is 1. The van der Waals surface area contributed by atoms with Crippen LogP contribution in [0.25, 0.3) is 0 Å². The molecule has 1 atom stereocenters. The lowest BCUT2D eigenvalue weighted by Crippen LogP contribution is -2.32. The van der Waals surface area contributed by atoms with Gasteiger partial charge < -0.3 is 9.94 Å². The van der Waals surface area contributed by atoms with Crippen molar-refractivity contribution < 1.29 is 27.5 Å². The fourth-order valence-electron chi connectivity index (χ4n) is 3.23. The highest BCUT2D eigenvalue weighted by Gasteiger charge is 2.32. The molecule has 0 radical (unpaired) electrons. The molecule has 1 aromatic heterocycles. The van der Waals surface area contributed by atoms with Crippen molar-refractivity contribution in [3.63, 3.8) is 0 Å². The second-order valence-corrected chi connectivity index (χ2v) is 11.7. The zero-order chi connectivity index (χ0) is 23.7. The number of aliphatic hydroxyl groups is 1. The smallest absolute Gasteiger partial charge is 0.340 e. The molecular formula is C22H27FN2O5S2. The van der Waals surface area contributed by atoms with Crippen molar-refractivity contribution in [2.45, 2.75) is 51.0 Å². The third kappa shape index (κ3) is 5.25. The average Bonchev–Trinajstić information content (AvgIpc) is 3.17. The average molecular weight is 483 g/mol. The van der Waals surface area contributed by atoms with Gasteiger partial charge in [0.05, 0.1) is 27.0 Å². The van der Waals surface area contributed by atoms with Gasteiger partial charge in [-0.1, -0.05) is 17.3 Å². The molecule has 1 heterocycles. The van der Waals surface area contributed by atoms with E-state index >= 15 is 0 Å². The van der Waals surface area contributed by atoms with Crippen molar-refractivity contribution in [3.8, 4) is 0 Å². The van der Waals surface area contributed by atoms with Crippen molar-refractivity contribution in [1.29, 1.82) is 0 Å². The Hall–Kier alpha value is -2.14. The fraction of sp³-hybridized carbons (Fsp3) is 0.455. The number of hydrogen-bond donors (Lipinski definition) is 1. The Bertz CT molecular complexity index is 1120. The molecule has 0 aliphatic heterocycles. The normalized spacial score (nSPS) is 16.8. The van der Waals surface area contributed by atoms with E-state index in [2.05, 4.69) is 5.16 Å². The molecule has 0 saturated heterocycles. The molecule has 1 aromatic carbocycles. The quantitative estimate of drug-likeness (QED) is 0.498. The Morgan fingerprint density at radius 1 is 1.28 bits per heavy atom. The SMILES string of the molecule is CN(CC(O)c1ccc(F)cc1)S(=O)(=O)c1csc2c1CCCC2=NOC(=O)C(C)(C)C. The molecule has 0 saturated carbocycles. The molecule has 0 amide bonds. The molecule has 1 aliphatic rings. The first-order chi connectivity index (χ1) is 14.9. The number of halogens is 1. The molecule has 0 spiro atoms. The zero-order valence-corrected chi connectivity index (χ0v) is 20.1. The van der Waals surface area contributed by atoms with E-state index < -0.39 is 33.3 Å². The molecule has 10 heteroatoms. The minimum atomic E-state index is -3.88. The molecule has 3 rings (SSSR count). The maximum Gasteiger partial charge on any atom is 0.340 e. The molecule has 7 nitrogen and oxygen atoms in total. The van der Waals surface area contributed by atoms with Gasteiger partial charge in [0, 0.05) is 19.0 Å². The van der Waals surface area contributed by atoms with Crippen LogP contribution in [0.4, 0.5) is 4.39 Å². The molecule has 1 N–H and O–H groups in total. The number of sulfonamides is 1. The standard InChI is InChI=1S/C22H27FN2O5S2/c1-22(2,3)21(27)30-24-17-7-5-6-16-19(13-31-20(16)17)32(28,29)25(4)12-18(26)14-8-10-15(23)11-9-14/h8-11,13,18,26H,5-7,12H2,1-4H3. The molecule has 0 bridgehead atoms. The van der Waals surface area contributed by atoms with E-state index in [0.717, 1.165) is 4.31 Å². The van der Waals surface area contributed by atoms with Gasteiger partial charge in [0.1, 0.15) is 5.82 Å². The Kier molecular flexibility index (Phi) is 7.18. The van der Waals surface area contributed by atoms with Gasteiger partial charge in [-0.2, -0.15) is 4.31 Å². The van der Waals surface area contributed by atoms with Gasteiger partial charge in [0.15, 0.2) is 0 Å². The number of oxime groups is 1. The van der Waals surface area contributed by atoms with E-state index in [4.69, 9.17) is 4.84 Å². The summed E-state index contributed by atoms with van der Waals surface area (Å²) in [5.41, 5.74) is 0.939. The molecule has 1 aliphatic carbocycles. The summed E-state index contributed by atoms with van der Waals surface area (Å²) in [6.45, 7) is 5.01. The van der Waals surface area contributed by atoms with Crippen molar-refractivity contribution in [1.82, 2.24) is 4.31 Å². The van der Waals surface area contributed by atoms with Crippen molar-refractivity contribution in [2.24, 2.45) is 10.6 Å².